The topological polar surface area (TPSA) is 74.3 Å². The normalized spacial score (nSPS) is 10.5. The lowest BCUT2D eigenvalue weighted by atomic mass is 10.1. The zero-order valence-corrected chi connectivity index (χ0v) is 18.0. The summed E-state index contributed by atoms with van der Waals surface area (Å²) >= 11 is 1.24. The Hall–Kier alpha value is -3.19. The molecule has 0 aliphatic heterocycles. The largest absolute Gasteiger partial charge is 0.372 e. The second-order valence-electron chi connectivity index (χ2n) is 6.74. The fourth-order valence-corrected chi connectivity index (χ4v) is 3.77. The van der Waals surface area contributed by atoms with Crippen LogP contribution in [-0.4, -0.2) is 29.9 Å². The summed E-state index contributed by atoms with van der Waals surface area (Å²) in [5.74, 6) is -0.418. The molecule has 6 nitrogen and oxygen atoms in total. The van der Waals surface area contributed by atoms with E-state index in [1.54, 1.807) is 5.38 Å². The average Bonchev–Trinajstić information content (AvgIpc) is 3.23. The summed E-state index contributed by atoms with van der Waals surface area (Å²) in [6.45, 7) is 6.08. The number of rotatable bonds is 9. The van der Waals surface area contributed by atoms with Crippen LogP contribution in [0.5, 0.6) is 0 Å². The maximum Gasteiger partial charge on any atom is 0.275 e. The van der Waals surface area contributed by atoms with Crippen LogP contribution < -0.4 is 15.5 Å². The Labute approximate surface area is 181 Å². The minimum Gasteiger partial charge on any atom is -0.372 e. The number of carbonyl (C=O) groups is 2. The second-order valence-corrected chi connectivity index (χ2v) is 7.60. The Morgan fingerprint density at radius 1 is 0.967 bits per heavy atom. The molecule has 0 fully saturated rings. The van der Waals surface area contributed by atoms with Crippen LogP contribution in [0.25, 0.3) is 0 Å². The van der Waals surface area contributed by atoms with Crippen LogP contribution >= 0.6 is 11.3 Å². The zero-order valence-electron chi connectivity index (χ0n) is 17.2. The van der Waals surface area contributed by atoms with Crippen molar-refractivity contribution in [3.05, 3.63) is 71.2 Å². The van der Waals surface area contributed by atoms with Crippen LogP contribution in [0.2, 0.25) is 0 Å². The fraction of sp³-hybridized carbons (Fsp3) is 0.261. The SMILES string of the molecule is CCN(CC)c1ccc(NC(=O)c2csc(NC(=O)CCc3ccccc3)n2)cc1. The Kier molecular flexibility index (Phi) is 7.57. The average molecular weight is 423 g/mol. The van der Waals surface area contributed by atoms with E-state index in [2.05, 4.69) is 34.4 Å². The third-order valence-corrected chi connectivity index (χ3v) is 5.48. The number of aryl methyl sites for hydroxylation is 1. The van der Waals surface area contributed by atoms with Gasteiger partial charge in [-0.25, -0.2) is 4.98 Å². The first-order chi connectivity index (χ1) is 14.6. The summed E-state index contributed by atoms with van der Waals surface area (Å²) in [6.07, 6.45) is 1.03. The van der Waals surface area contributed by atoms with Gasteiger partial charge in [-0.15, -0.1) is 11.3 Å². The molecule has 0 radical (unpaired) electrons. The van der Waals surface area contributed by atoms with E-state index >= 15 is 0 Å². The predicted molar refractivity (Wildman–Crippen MR) is 123 cm³/mol. The fourth-order valence-electron chi connectivity index (χ4n) is 3.06. The summed E-state index contributed by atoms with van der Waals surface area (Å²) in [7, 11) is 0. The summed E-state index contributed by atoms with van der Waals surface area (Å²) < 4.78 is 0. The van der Waals surface area contributed by atoms with Crippen molar-refractivity contribution < 1.29 is 9.59 Å². The van der Waals surface area contributed by atoms with Gasteiger partial charge >= 0.3 is 0 Å². The van der Waals surface area contributed by atoms with Crippen LogP contribution in [0, 0.1) is 0 Å². The third kappa shape index (κ3) is 5.90. The predicted octanol–water partition coefficient (Wildman–Crippen LogP) is 4.81. The van der Waals surface area contributed by atoms with E-state index in [-0.39, 0.29) is 17.5 Å². The van der Waals surface area contributed by atoms with E-state index in [4.69, 9.17) is 0 Å². The molecule has 0 atom stereocenters. The lowest BCUT2D eigenvalue weighted by Gasteiger charge is -2.21. The molecule has 3 rings (SSSR count). The molecule has 0 spiro atoms. The molecule has 1 aromatic heterocycles. The minimum atomic E-state index is -0.299. The van der Waals surface area contributed by atoms with Crippen LogP contribution in [0.1, 0.15) is 36.3 Å². The number of thiazole rings is 1. The number of amides is 2. The molecular weight excluding hydrogens is 396 g/mol. The first-order valence-corrected chi connectivity index (χ1v) is 10.9. The number of anilines is 3. The van der Waals surface area contributed by atoms with E-state index in [0.717, 1.165) is 24.3 Å². The molecule has 1 heterocycles. The highest BCUT2D eigenvalue weighted by Gasteiger charge is 2.13. The van der Waals surface area contributed by atoms with Crippen molar-refractivity contribution in [3.63, 3.8) is 0 Å². The van der Waals surface area contributed by atoms with Crippen molar-refractivity contribution in [2.45, 2.75) is 26.7 Å². The Bertz CT molecular complexity index is 966. The zero-order chi connectivity index (χ0) is 21.3. The van der Waals surface area contributed by atoms with Crippen molar-refractivity contribution in [2.24, 2.45) is 0 Å². The van der Waals surface area contributed by atoms with E-state index < -0.39 is 0 Å². The highest BCUT2D eigenvalue weighted by molar-refractivity contribution is 7.14. The monoisotopic (exact) mass is 422 g/mol. The number of hydrogen-bond donors (Lipinski definition) is 2. The molecule has 2 N–H and O–H groups in total. The third-order valence-electron chi connectivity index (χ3n) is 4.72. The Balaban J connectivity index is 1.52. The Morgan fingerprint density at radius 2 is 1.67 bits per heavy atom. The van der Waals surface area contributed by atoms with Gasteiger partial charge in [0.1, 0.15) is 5.69 Å². The number of hydrogen-bond acceptors (Lipinski definition) is 5. The highest BCUT2D eigenvalue weighted by atomic mass is 32.1. The quantitative estimate of drug-likeness (QED) is 0.519. The summed E-state index contributed by atoms with van der Waals surface area (Å²) in [6, 6.07) is 17.6. The standard InChI is InChI=1S/C23H26N4O2S/c1-3-27(4-2)19-13-11-18(12-14-19)24-22(29)20-16-30-23(25-20)26-21(28)15-10-17-8-6-5-7-9-17/h5-9,11-14,16H,3-4,10,15H2,1-2H3,(H,24,29)(H,25,26,28). The van der Waals surface area contributed by atoms with Crippen LogP contribution in [-0.2, 0) is 11.2 Å². The van der Waals surface area contributed by atoms with Gasteiger partial charge in [-0.1, -0.05) is 30.3 Å². The van der Waals surface area contributed by atoms with Crippen molar-refractivity contribution in [3.8, 4) is 0 Å². The van der Waals surface area contributed by atoms with E-state index in [0.29, 0.717) is 23.7 Å². The lowest BCUT2D eigenvalue weighted by molar-refractivity contribution is -0.116. The molecule has 0 unspecified atom stereocenters. The minimum absolute atomic E-state index is 0.118. The molecule has 3 aromatic rings. The van der Waals surface area contributed by atoms with E-state index in [9.17, 15) is 9.59 Å². The lowest BCUT2D eigenvalue weighted by Crippen LogP contribution is -2.21. The molecule has 0 saturated heterocycles. The molecule has 2 amide bonds. The van der Waals surface area contributed by atoms with Crippen molar-refractivity contribution in [2.75, 3.05) is 28.6 Å². The van der Waals surface area contributed by atoms with Crippen molar-refractivity contribution in [1.82, 2.24) is 4.98 Å². The number of aromatic nitrogens is 1. The molecule has 156 valence electrons. The Morgan fingerprint density at radius 3 is 2.33 bits per heavy atom. The number of nitrogens with zero attached hydrogens (tertiary/aromatic N) is 2. The smallest absolute Gasteiger partial charge is 0.275 e. The maximum atomic E-state index is 12.5. The maximum absolute atomic E-state index is 12.5. The summed E-state index contributed by atoms with van der Waals surface area (Å²) in [4.78, 5) is 31.1. The van der Waals surface area contributed by atoms with Gasteiger partial charge in [-0.3, -0.25) is 9.59 Å². The molecule has 0 bridgehead atoms. The van der Waals surface area contributed by atoms with E-state index in [1.165, 1.54) is 11.3 Å². The molecule has 7 heteroatoms. The van der Waals surface area contributed by atoms with Crippen molar-refractivity contribution in [1.29, 1.82) is 0 Å². The van der Waals surface area contributed by atoms with Crippen molar-refractivity contribution >= 4 is 39.7 Å². The molecule has 2 aromatic carbocycles. The van der Waals surface area contributed by atoms with Crippen LogP contribution in [0.4, 0.5) is 16.5 Å². The number of benzene rings is 2. The second kappa shape index (κ2) is 10.5. The van der Waals surface area contributed by atoms with Gasteiger partial charge in [0.15, 0.2) is 5.13 Å². The number of nitrogens with one attached hydrogen (secondary N) is 2. The molecule has 30 heavy (non-hydrogen) atoms. The summed E-state index contributed by atoms with van der Waals surface area (Å²) in [5, 5.41) is 7.69. The van der Waals surface area contributed by atoms with Crippen LogP contribution in [0.15, 0.2) is 60.0 Å². The van der Waals surface area contributed by atoms with Gasteiger partial charge in [-0.2, -0.15) is 0 Å². The van der Waals surface area contributed by atoms with Gasteiger partial charge in [0.25, 0.3) is 5.91 Å². The van der Waals surface area contributed by atoms with E-state index in [1.807, 2.05) is 54.6 Å². The first kappa shape index (κ1) is 21.5. The van der Waals surface area contributed by atoms with Crippen LogP contribution in [0.3, 0.4) is 0 Å². The van der Waals surface area contributed by atoms with Gasteiger partial charge in [0.2, 0.25) is 5.91 Å². The molecular formula is C23H26N4O2S. The first-order valence-electron chi connectivity index (χ1n) is 10.0. The highest BCUT2D eigenvalue weighted by Crippen LogP contribution is 2.20. The van der Waals surface area contributed by atoms with Gasteiger partial charge < -0.3 is 15.5 Å². The van der Waals surface area contributed by atoms with Gasteiger partial charge in [0, 0.05) is 36.3 Å². The molecule has 0 saturated carbocycles. The van der Waals surface area contributed by atoms with Gasteiger partial charge in [0.05, 0.1) is 0 Å². The molecule has 0 aliphatic rings. The van der Waals surface area contributed by atoms with Gasteiger partial charge in [-0.05, 0) is 50.1 Å². The summed E-state index contributed by atoms with van der Waals surface area (Å²) in [5.41, 5.74) is 3.22. The molecule has 0 aliphatic carbocycles. The number of carbonyl (C=O) groups excluding carboxylic acids is 2.